The van der Waals surface area contributed by atoms with Gasteiger partial charge in [-0.05, 0) is 51.4 Å². The second kappa shape index (κ2) is 63.1. The van der Waals surface area contributed by atoms with E-state index < -0.39 is 12.1 Å². The largest absolute Gasteiger partial charge is 0.466 e. The van der Waals surface area contributed by atoms with Gasteiger partial charge in [0.1, 0.15) is 0 Å². The van der Waals surface area contributed by atoms with E-state index in [2.05, 4.69) is 31.3 Å². The van der Waals surface area contributed by atoms with Crippen molar-refractivity contribution in [2.75, 3.05) is 13.2 Å². The zero-order valence-corrected chi connectivity index (χ0v) is 49.6. The second-order valence-electron chi connectivity index (χ2n) is 23.2. The van der Waals surface area contributed by atoms with Gasteiger partial charge in [-0.25, -0.2) is 0 Å². The monoisotopic (exact) mass is 1030 g/mol. The maximum atomic E-state index is 12.5. The smallest absolute Gasteiger partial charge is 0.305 e. The highest BCUT2D eigenvalue weighted by molar-refractivity contribution is 5.76. The van der Waals surface area contributed by atoms with Crippen LogP contribution in [0.5, 0.6) is 0 Å². The molecule has 0 heterocycles. The lowest BCUT2D eigenvalue weighted by Crippen LogP contribution is -2.45. The summed E-state index contributed by atoms with van der Waals surface area (Å²) >= 11 is 0. The first-order valence-corrected chi connectivity index (χ1v) is 33.4. The van der Waals surface area contributed by atoms with Gasteiger partial charge in [0.2, 0.25) is 5.91 Å². The Morgan fingerprint density at radius 3 is 0.973 bits per heavy atom. The Morgan fingerprint density at radius 2 is 0.644 bits per heavy atom. The molecule has 1 amide bonds. The highest BCUT2D eigenvalue weighted by Gasteiger charge is 2.20. The number of allylic oxidation sites excluding steroid dienone is 2. The van der Waals surface area contributed by atoms with E-state index in [4.69, 9.17) is 4.74 Å². The Bertz CT molecular complexity index is 1100. The van der Waals surface area contributed by atoms with E-state index in [1.54, 1.807) is 0 Å². The van der Waals surface area contributed by atoms with Gasteiger partial charge in [-0.1, -0.05) is 328 Å². The van der Waals surface area contributed by atoms with Gasteiger partial charge in [0.25, 0.3) is 0 Å². The molecule has 3 N–H and O–H groups in total. The summed E-state index contributed by atoms with van der Waals surface area (Å²) in [5, 5.41) is 23.4. The van der Waals surface area contributed by atoms with E-state index in [1.807, 2.05) is 0 Å². The van der Waals surface area contributed by atoms with E-state index in [0.29, 0.717) is 25.9 Å². The molecule has 2 atom stereocenters. The van der Waals surface area contributed by atoms with Crippen molar-refractivity contribution in [2.45, 2.75) is 392 Å². The van der Waals surface area contributed by atoms with Crippen molar-refractivity contribution >= 4 is 11.9 Å². The summed E-state index contributed by atoms with van der Waals surface area (Å²) in [6.07, 6.45) is 76.6. The molecule has 0 aliphatic heterocycles. The number of unbranched alkanes of at least 4 members (excludes halogenated alkanes) is 50. The van der Waals surface area contributed by atoms with Crippen molar-refractivity contribution in [3.63, 3.8) is 0 Å². The van der Waals surface area contributed by atoms with Gasteiger partial charge in [-0.3, -0.25) is 9.59 Å². The highest BCUT2D eigenvalue weighted by atomic mass is 16.5. The fourth-order valence-electron chi connectivity index (χ4n) is 10.7. The van der Waals surface area contributed by atoms with Crippen molar-refractivity contribution < 1.29 is 24.5 Å². The van der Waals surface area contributed by atoms with Gasteiger partial charge in [0.05, 0.1) is 25.4 Å². The van der Waals surface area contributed by atoms with Gasteiger partial charge >= 0.3 is 5.97 Å². The van der Waals surface area contributed by atoms with Crippen LogP contribution in [0.3, 0.4) is 0 Å². The van der Waals surface area contributed by atoms with Crippen LogP contribution >= 0.6 is 0 Å². The minimum Gasteiger partial charge on any atom is -0.466 e. The maximum absolute atomic E-state index is 12.5. The summed E-state index contributed by atoms with van der Waals surface area (Å²) in [4.78, 5) is 24.6. The van der Waals surface area contributed by atoms with Crippen molar-refractivity contribution in [3.05, 3.63) is 12.2 Å². The number of esters is 1. The third-order valence-electron chi connectivity index (χ3n) is 15.8. The fraction of sp³-hybridized carbons (Fsp3) is 0.940. The van der Waals surface area contributed by atoms with Crippen LogP contribution < -0.4 is 5.32 Å². The number of amides is 1. The van der Waals surface area contributed by atoms with E-state index >= 15 is 0 Å². The Labute approximate surface area is 457 Å². The molecule has 0 rings (SSSR count). The summed E-state index contributed by atoms with van der Waals surface area (Å²) in [7, 11) is 0. The average Bonchev–Trinajstić information content (AvgIpc) is 3.39. The summed E-state index contributed by atoms with van der Waals surface area (Å²) in [6, 6.07) is -0.547. The number of hydrogen-bond donors (Lipinski definition) is 3. The minimum absolute atomic E-state index is 0.0108. The molecular weight excluding hydrogens is 899 g/mol. The molecule has 0 spiro atoms. The molecule has 0 aromatic carbocycles. The van der Waals surface area contributed by atoms with Crippen LogP contribution in [0.4, 0.5) is 0 Å². The Kier molecular flexibility index (Phi) is 61.9. The summed E-state index contributed by atoms with van der Waals surface area (Å²) in [6.45, 7) is 4.98. The van der Waals surface area contributed by atoms with Gasteiger partial charge < -0.3 is 20.3 Å². The van der Waals surface area contributed by atoms with Crippen molar-refractivity contribution in [1.29, 1.82) is 0 Å². The van der Waals surface area contributed by atoms with Crippen LogP contribution in [0, 0.1) is 0 Å². The Balaban J connectivity index is 3.42. The molecule has 0 aliphatic carbocycles. The van der Waals surface area contributed by atoms with Crippen molar-refractivity contribution in [1.82, 2.24) is 5.32 Å². The van der Waals surface area contributed by atoms with Crippen LogP contribution in [-0.2, 0) is 14.3 Å². The van der Waals surface area contributed by atoms with E-state index in [9.17, 15) is 19.8 Å². The van der Waals surface area contributed by atoms with E-state index in [1.165, 1.54) is 308 Å². The second-order valence-corrected chi connectivity index (χ2v) is 23.2. The zero-order chi connectivity index (χ0) is 52.9. The quantitative estimate of drug-likeness (QED) is 0.0320. The number of carbonyl (C=O) groups excluding carboxylic acids is 2. The van der Waals surface area contributed by atoms with Gasteiger partial charge in [-0.2, -0.15) is 0 Å². The van der Waals surface area contributed by atoms with Crippen LogP contribution in [0.1, 0.15) is 380 Å². The molecule has 0 aromatic heterocycles. The molecule has 0 saturated heterocycles. The lowest BCUT2D eigenvalue weighted by atomic mass is 10.0. The first kappa shape index (κ1) is 71.6. The Morgan fingerprint density at radius 1 is 0.370 bits per heavy atom. The maximum Gasteiger partial charge on any atom is 0.305 e. The topological polar surface area (TPSA) is 95.9 Å². The number of ether oxygens (including phenoxy) is 1. The lowest BCUT2D eigenvalue weighted by molar-refractivity contribution is -0.143. The van der Waals surface area contributed by atoms with E-state index in [-0.39, 0.29) is 18.5 Å². The average molecular weight is 1030 g/mol. The predicted octanol–water partition coefficient (Wildman–Crippen LogP) is 21.2. The highest BCUT2D eigenvalue weighted by Crippen LogP contribution is 2.19. The van der Waals surface area contributed by atoms with Crippen LogP contribution in [-0.4, -0.2) is 47.4 Å². The van der Waals surface area contributed by atoms with E-state index in [0.717, 1.165) is 38.5 Å². The first-order chi connectivity index (χ1) is 36.0. The van der Waals surface area contributed by atoms with Crippen LogP contribution in [0.15, 0.2) is 12.2 Å². The molecule has 0 radical (unpaired) electrons. The molecule has 434 valence electrons. The third-order valence-corrected chi connectivity index (χ3v) is 15.8. The molecule has 73 heavy (non-hydrogen) atoms. The number of aliphatic hydroxyl groups is 2. The standard InChI is InChI=1S/C67H131NO5/c1-3-5-7-9-11-13-15-17-18-19-20-21-23-26-29-32-36-39-43-47-51-55-59-65(70)64(63-69)68-66(71)60-56-52-48-44-40-37-33-30-27-24-22-25-28-31-34-38-42-46-50-54-58-62-73-67(72)61-57-53-49-45-41-35-16-14-12-10-8-6-4-2/h24,27,64-65,69-70H,3-23,25-26,28-63H2,1-2H3,(H,68,71)/b27-24-. The number of hydrogen-bond acceptors (Lipinski definition) is 5. The third kappa shape index (κ3) is 59.7. The fourth-order valence-corrected chi connectivity index (χ4v) is 10.7. The summed E-state index contributed by atoms with van der Waals surface area (Å²) in [5.41, 5.74) is 0. The minimum atomic E-state index is -0.670. The van der Waals surface area contributed by atoms with Crippen molar-refractivity contribution in [2.24, 2.45) is 0 Å². The molecule has 2 unspecified atom stereocenters. The number of nitrogens with one attached hydrogen (secondary N) is 1. The number of carbonyl (C=O) groups is 2. The van der Waals surface area contributed by atoms with Crippen LogP contribution in [0.25, 0.3) is 0 Å². The van der Waals surface area contributed by atoms with Gasteiger partial charge in [0, 0.05) is 12.8 Å². The molecule has 0 fully saturated rings. The number of rotatable bonds is 63. The SMILES string of the molecule is CCCCCCCCCCCCCCCCCCCCCCCCC(O)C(CO)NC(=O)CCCCCCCCC/C=C\CCCCCCCCCCCCOC(=O)CCCCCCCCCCCCCCC. The van der Waals surface area contributed by atoms with Crippen molar-refractivity contribution in [3.8, 4) is 0 Å². The van der Waals surface area contributed by atoms with Crippen LogP contribution in [0.2, 0.25) is 0 Å². The lowest BCUT2D eigenvalue weighted by Gasteiger charge is -2.22. The predicted molar refractivity (Wildman–Crippen MR) is 320 cm³/mol. The molecule has 0 saturated carbocycles. The molecule has 0 aromatic rings. The summed E-state index contributed by atoms with van der Waals surface area (Å²) in [5.74, 6) is -0.0273. The first-order valence-electron chi connectivity index (χ1n) is 33.4. The van der Waals surface area contributed by atoms with Gasteiger partial charge in [-0.15, -0.1) is 0 Å². The number of aliphatic hydroxyl groups excluding tert-OH is 2. The molecule has 0 bridgehead atoms. The molecule has 6 heteroatoms. The molecule has 6 nitrogen and oxygen atoms in total. The Hall–Kier alpha value is -1.40. The molecule has 0 aliphatic rings. The summed E-state index contributed by atoms with van der Waals surface area (Å²) < 4.78 is 5.48. The van der Waals surface area contributed by atoms with Gasteiger partial charge in [0.15, 0.2) is 0 Å². The zero-order valence-electron chi connectivity index (χ0n) is 49.6. The normalized spacial score (nSPS) is 12.5. The molecular formula is C67H131NO5.